The fourth-order valence-corrected chi connectivity index (χ4v) is 2.52. The predicted octanol–water partition coefficient (Wildman–Crippen LogP) is 5.03. The molecule has 138 valence electrons. The molecule has 0 aliphatic rings. The molecule has 0 aromatic heterocycles. The van der Waals surface area contributed by atoms with Crippen LogP contribution in [0.2, 0.25) is 0 Å². The third-order valence-corrected chi connectivity index (χ3v) is 3.63. The van der Waals surface area contributed by atoms with Crippen LogP contribution in [0.1, 0.15) is 37.8 Å². The molecule has 1 atom stereocenters. The largest absolute Gasteiger partial charge is 0.514 e. The standard InChI is InChI=1S/C21H24O5/c1-6-15(14-10-8-7-9-11-14)16-12-18(24-5)19(13-17(16)22)25-20(23)26-21(2,3)4/h6-13,15,22H,1H2,2-5H3. The Hall–Kier alpha value is -2.95. The molecule has 0 spiro atoms. The summed E-state index contributed by atoms with van der Waals surface area (Å²) < 4.78 is 15.7. The minimum absolute atomic E-state index is 0.0295. The second-order valence-corrected chi connectivity index (χ2v) is 6.75. The maximum Gasteiger partial charge on any atom is 0.514 e. The van der Waals surface area contributed by atoms with Crippen molar-refractivity contribution < 1.29 is 24.1 Å². The lowest BCUT2D eigenvalue weighted by atomic mass is 9.90. The van der Waals surface area contributed by atoms with E-state index in [1.54, 1.807) is 32.9 Å². The third kappa shape index (κ3) is 4.79. The smallest absolute Gasteiger partial charge is 0.507 e. The quantitative estimate of drug-likeness (QED) is 0.462. The highest BCUT2D eigenvalue weighted by Crippen LogP contribution is 2.40. The number of ether oxygens (including phenoxy) is 3. The van der Waals surface area contributed by atoms with Crippen molar-refractivity contribution in [1.82, 2.24) is 0 Å². The number of phenols is 1. The lowest BCUT2D eigenvalue weighted by Gasteiger charge is -2.20. The van der Waals surface area contributed by atoms with Crippen LogP contribution < -0.4 is 9.47 Å². The SMILES string of the molecule is C=CC(c1ccccc1)c1cc(OC)c(OC(=O)OC(C)(C)C)cc1O. The van der Waals surface area contributed by atoms with E-state index in [9.17, 15) is 9.90 Å². The van der Waals surface area contributed by atoms with Gasteiger partial charge in [0.05, 0.1) is 7.11 Å². The molecule has 0 heterocycles. The van der Waals surface area contributed by atoms with Crippen molar-refractivity contribution in [2.45, 2.75) is 32.3 Å². The molecule has 0 fully saturated rings. The normalized spacial score (nSPS) is 12.2. The van der Waals surface area contributed by atoms with E-state index in [4.69, 9.17) is 14.2 Å². The van der Waals surface area contributed by atoms with E-state index in [-0.39, 0.29) is 17.4 Å². The van der Waals surface area contributed by atoms with E-state index >= 15 is 0 Å². The van der Waals surface area contributed by atoms with Crippen molar-refractivity contribution in [3.63, 3.8) is 0 Å². The summed E-state index contributed by atoms with van der Waals surface area (Å²) >= 11 is 0. The van der Waals surface area contributed by atoms with Gasteiger partial charge in [0.25, 0.3) is 0 Å². The first-order valence-electron chi connectivity index (χ1n) is 8.24. The topological polar surface area (TPSA) is 65.0 Å². The van der Waals surface area contributed by atoms with Crippen molar-refractivity contribution >= 4 is 6.16 Å². The average Bonchev–Trinajstić information content (AvgIpc) is 2.56. The molecule has 0 radical (unpaired) electrons. The van der Waals surface area contributed by atoms with Gasteiger partial charge in [0, 0.05) is 17.5 Å². The van der Waals surface area contributed by atoms with Crippen LogP contribution in [-0.4, -0.2) is 24.0 Å². The summed E-state index contributed by atoms with van der Waals surface area (Å²) in [7, 11) is 1.46. The Morgan fingerprint density at radius 1 is 1.15 bits per heavy atom. The summed E-state index contributed by atoms with van der Waals surface area (Å²) in [5.41, 5.74) is 0.883. The molecule has 5 heteroatoms. The van der Waals surface area contributed by atoms with Crippen LogP contribution in [0.25, 0.3) is 0 Å². The Balaban J connectivity index is 2.37. The highest BCUT2D eigenvalue weighted by atomic mass is 16.7. The lowest BCUT2D eigenvalue weighted by molar-refractivity contribution is 0.0200. The molecular weight excluding hydrogens is 332 g/mol. The van der Waals surface area contributed by atoms with Crippen molar-refractivity contribution in [2.75, 3.05) is 7.11 Å². The van der Waals surface area contributed by atoms with E-state index in [0.29, 0.717) is 11.3 Å². The van der Waals surface area contributed by atoms with Crippen LogP contribution in [0.5, 0.6) is 17.2 Å². The summed E-state index contributed by atoms with van der Waals surface area (Å²) in [5.74, 6) is 0.129. The van der Waals surface area contributed by atoms with Crippen LogP contribution in [-0.2, 0) is 4.74 Å². The first-order valence-corrected chi connectivity index (χ1v) is 8.24. The summed E-state index contributed by atoms with van der Waals surface area (Å²) in [6, 6.07) is 12.6. The molecule has 5 nitrogen and oxygen atoms in total. The van der Waals surface area contributed by atoms with E-state index in [1.807, 2.05) is 30.3 Å². The molecule has 0 bridgehead atoms. The molecule has 1 unspecified atom stereocenters. The second kappa shape index (κ2) is 7.95. The number of phenolic OH excluding ortho intramolecular Hbond substituents is 1. The highest BCUT2D eigenvalue weighted by Gasteiger charge is 2.23. The van der Waals surface area contributed by atoms with Gasteiger partial charge < -0.3 is 19.3 Å². The Bertz CT molecular complexity index is 775. The molecule has 2 rings (SSSR count). The highest BCUT2D eigenvalue weighted by molar-refractivity contribution is 5.67. The third-order valence-electron chi connectivity index (χ3n) is 3.63. The Morgan fingerprint density at radius 2 is 1.81 bits per heavy atom. The molecule has 0 saturated carbocycles. The van der Waals surface area contributed by atoms with E-state index in [1.165, 1.54) is 13.2 Å². The summed E-state index contributed by atoms with van der Waals surface area (Å²) in [6.07, 6.45) is 0.865. The van der Waals surface area contributed by atoms with Gasteiger partial charge in [-0.3, -0.25) is 0 Å². The number of aromatic hydroxyl groups is 1. The van der Waals surface area contributed by atoms with Crippen LogP contribution in [0.4, 0.5) is 4.79 Å². The number of benzene rings is 2. The number of carbonyl (C=O) groups excluding carboxylic acids is 1. The maximum absolute atomic E-state index is 11.9. The second-order valence-electron chi connectivity index (χ2n) is 6.75. The number of hydrogen-bond donors (Lipinski definition) is 1. The minimum Gasteiger partial charge on any atom is -0.507 e. The van der Waals surface area contributed by atoms with E-state index in [0.717, 1.165) is 5.56 Å². The van der Waals surface area contributed by atoms with Crippen LogP contribution >= 0.6 is 0 Å². The van der Waals surface area contributed by atoms with Crippen LogP contribution in [0.15, 0.2) is 55.1 Å². The van der Waals surface area contributed by atoms with Gasteiger partial charge in [-0.2, -0.15) is 0 Å². The molecule has 0 saturated heterocycles. The fraction of sp³-hybridized carbons (Fsp3) is 0.286. The first kappa shape index (κ1) is 19.4. The molecule has 0 amide bonds. The average molecular weight is 356 g/mol. The number of carbonyl (C=O) groups is 1. The molecule has 26 heavy (non-hydrogen) atoms. The monoisotopic (exact) mass is 356 g/mol. The fourth-order valence-electron chi connectivity index (χ4n) is 2.52. The van der Waals surface area contributed by atoms with Crippen molar-refractivity contribution in [3.8, 4) is 17.2 Å². The van der Waals surface area contributed by atoms with Crippen molar-refractivity contribution in [3.05, 3.63) is 66.2 Å². The van der Waals surface area contributed by atoms with E-state index < -0.39 is 11.8 Å². The van der Waals surface area contributed by atoms with Gasteiger partial charge >= 0.3 is 6.16 Å². The number of hydrogen-bond acceptors (Lipinski definition) is 5. The zero-order chi connectivity index (χ0) is 19.3. The van der Waals surface area contributed by atoms with Crippen molar-refractivity contribution in [1.29, 1.82) is 0 Å². The van der Waals surface area contributed by atoms with Gasteiger partial charge in [-0.1, -0.05) is 36.4 Å². The first-order chi connectivity index (χ1) is 12.2. The van der Waals surface area contributed by atoms with Gasteiger partial charge in [0.15, 0.2) is 11.5 Å². The van der Waals surface area contributed by atoms with E-state index in [2.05, 4.69) is 6.58 Å². The van der Waals surface area contributed by atoms with Gasteiger partial charge in [-0.05, 0) is 32.4 Å². The lowest BCUT2D eigenvalue weighted by Crippen LogP contribution is -2.26. The predicted molar refractivity (Wildman–Crippen MR) is 100 cm³/mol. The maximum atomic E-state index is 11.9. The zero-order valence-corrected chi connectivity index (χ0v) is 15.5. The number of rotatable bonds is 5. The number of methoxy groups -OCH3 is 1. The van der Waals surface area contributed by atoms with Gasteiger partial charge in [-0.15, -0.1) is 6.58 Å². The van der Waals surface area contributed by atoms with Crippen molar-refractivity contribution in [2.24, 2.45) is 0 Å². The Morgan fingerprint density at radius 3 is 2.35 bits per heavy atom. The van der Waals surface area contributed by atoms with Gasteiger partial charge in [-0.25, -0.2) is 4.79 Å². The minimum atomic E-state index is -0.869. The van der Waals surface area contributed by atoms with Gasteiger partial charge in [0.2, 0.25) is 0 Å². The molecule has 1 N–H and O–H groups in total. The number of allylic oxidation sites excluding steroid dienone is 1. The summed E-state index contributed by atoms with van der Waals surface area (Å²) in [4.78, 5) is 11.9. The molecule has 2 aromatic rings. The summed E-state index contributed by atoms with van der Waals surface area (Å²) in [5, 5.41) is 10.5. The molecule has 0 aliphatic carbocycles. The van der Waals surface area contributed by atoms with Crippen LogP contribution in [0.3, 0.4) is 0 Å². The zero-order valence-electron chi connectivity index (χ0n) is 15.5. The molecular formula is C21H24O5. The van der Waals surface area contributed by atoms with Crippen LogP contribution in [0, 0.1) is 0 Å². The summed E-state index contributed by atoms with van der Waals surface area (Å²) in [6.45, 7) is 9.07. The van der Waals surface area contributed by atoms with Gasteiger partial charge in [0.1, 0.15) is 11.4 Å². The molecule has 0 aliphatic heterocycles. The Labute approximate surface area is 153 Å². The Kier molecular flexibility index (Phi) is 5.93. The molecule has 2 aromatic carbocycles.